The summed E-state index contributed by atoms with van der Waals surface area (Å²) >= 11 is 0. The number of carbonyl (C=O) groups excluding carboxylic acids is 1. The van der Waals surface area contributed by atoms with Crippen molar-refractivity contribution in [1.82, 2.24) is 0 Å². The number of rotatable bonds is 3. The van der Waals surface area contributed by atoms with E-state index in [9.17, 15) is 4.79 Å². The molecule has 0 aromatic rings. The minimum atomic E-state index is 0.251. The summed E-state index contributed by atoms with van der Waals surface area (Å²) < 4.78 is 0. The van der Waals surface area contributed by atoms with E-state index in [2.05, 4.69) is 6.92 Å². The van der Waals surface area contributed by atoms with E-state index in [0.29, 0.717) is 18.3 Å². The van der Waals surface area contributed by atoms with Crippen molar-refractivity contribution in [3.05, 3.63) is 11.6 Å². The molecule has 1 saturated carbocycles. The van der Waals surface area contributed by atoms with Crippen LogP contribution in [0.4, 0.5) is 0 Å². The Hall–Kier alpha value is -0.630. The highest BCUT2D eigenvalue weighted by Crippen LogP contribution is 2.51. The van der Waals surface area contributed by atoms with Gasteiger partial charge in [0.05, 0.1) is 0 Å². The summed E-state index contributed by atoms with van der Waals surface area (Å²) in [6.45, 7) is 2.62. The Balaban J connectivity index is 2.16. The average Bonchev–Trinajstić information content (AvgIpc) is 2.27. The number of fused-ring (bicyclic) bond motifs is 1. The van der Waals surface area contributed by atoms with Crippen LogP contribution in [-0.4, -0.2) is 17.5 Å². The molecule has 2 atom stereocenters. The third-order valence-electron chi connectivity index (χ3n) is 4.57. The monoisotopic (exact) mass is 222 g/mol. The summed E-state index contributed by atoms with van der Waals surface area (Å²) in [5, 5.41) is 8.95. The Morgan fingerprint density at radius 3 is 3.06 bits per heavy atom. The third-order valence-corrected chi connectivity index (χ3v) is 4.57. The molecule has 0 bridgehead atoms. The molecule has 0 amide bonds. The lowest BCUT2D eigenvalue weighted by molar-refractivity contribution is -0.116. The van der Waals surface area contributed by atoms with Gasteiger partial charge in [0.1, 0.15) is 0 Å². The number of carbonyl (C=O) groups is 1. The Bertz CT molecular complexity index is 306. The molecule has 0 aliphatic heterocycles. The minimum Gasteiger partial charge on any atom is -0.396 e. The van der Waals surface area contributed by atoms with Gasteiger partial charge in [0.2, 0.25) is 0 Å². The van der Waals surface area contributed by atoms with Gasteiger partial charge in [-0.3, -0.25) is 4.79 Å². The molecule has 1 N–H and O–H groups in total. The molecular weight excluding hydrogens is 200 g/mol. The van der Waals surface area contributed by atoms with Crippen molar-refractivity contribution < 1.29 is 9.90 Å². The zero-order chi connectivity index (χ0) is 11.6. The van der Waals surface area contributed by atoms with Crippen LogP contribution in [0.15, 0.2) is 11.6 Å². The highest BCUT2D eigenvalue weighted by atomic mass is 16.2. The van der Waals surface area contributed by atoms with Crippen molar-refractivity contribution in [3.63, 3.8) is 0 Å². The Morgan fingerprint density at radius 1 is 1.50 bits per heavy atom. The molecule has 0 saturated heterocycles. The summed E-state index contributed by atoms with van der Waals surface area (Å²) in [7, 11) is 0. The first kappa shape index (κ1) is 11.8. The van der Waals surface area contributed by atoms with Crippen molar-refractivity contribution in [2.45, 2.75) is 51.9 Å². The maximum Gasteiger partial charge on any atom is 0.155 e. The first-order valence-electron chi connectivity index (χ1n) is 6.51. The van der Waals surface area contributed by atoms with E-state index in [1.54, 1.807) is 0 Å². The van der Waals surface area contributed by atoms with Crippen molar-refractivity contribution in [2.75, 3.05) is 6.61 Å². The molecule has 0 aromatic heterocycles. The molecule has 2 nitrogen and oxygen atoms in total. The van der Waals surface area contributed by atoms with Crippen LogP contribution in [0.2, 0.25) is 0 Å². The van der Waals surface area contributed by atoms with E-state index in [0.717, 1.165) is 32.1 Å². The van der Waals surface area contributed by atoms with Crippen molar-refractivity contribution >= 4 is 5.78 Å². The third kappa shape index (κ3) is 2.08. The molecule has 0 unspecified atom stereocenters. The molecule has 16 heavy (non-hydrogen) atoms. The number of hydrogen-bond donors (Lipinski definition) is 1. The number of ketones is 1. The minimum absolute atomic E-state index is 0.251. The molecule has 0 spiro atoms. The quantitative estimate of drug-likeness (QED) is 0.797. The summed E-state index contributed by atoms with van der Waals surface area (Å²) in [5.74, 6) is 0.989. The maximum atomic E-state index is 11.5. The van der Waals surface area contributed by atoms with Gasteiger partial charge in [-0.1, -0.05) is 12.5 Å². The maximum absolute atomic E-state index is 11.5. The Kier molecular flexibility index (Phi) is 3.48. The fraction of sp³-hybridized carbons (Fsp3) is 0.786. The lowest BCUT2D eigenvalue weighted by Gasteiger charge is -2.46. The second kappa shape index (κ2) is 4.70. The predicted molar refractivity (Wildman–Crippen MR) is 64.1 cm³/mol. The second-order valence-corrected chi connectivity index (χ2v) is 5.51. The molecule has 0 heterocycles. The molecule has 1 fully saturated rings. The Morgan fingerprint density at radius 2 is 2.31 bits per heavy atom. The van der Waals surface area contributed by atoms with Crippen molar-refractivity contribution in [2.24, 2.45) is 11.3 Å². The van der Waals surface area contributed by atoms with Crippen LogP contribution in [-0.2, 0) is 4.79 Å². The number of allylic oxidation sites excluding steroid dienone is 2. The number of aliphatic hydroxyl groups is 1. The van der Waals surface area contributed by atoms with Crippen LogP contribution in [0.3, 0.4) is 0 Å². The standard InChI is InChI=1S/C14H22O2/c1-14-8-7-13(16)10-12(14)5-2-4-11(14)6-3-9-15/h10-11,15H,2-9H2,1H3/t11-,14-/m1/s1. The zero-order valence-corrected chi connectivity index (χ0v) is 10.2. The van der Waals surface area contributed by atoms with E-state index in [1.807, 2.05) is 6.08 Å². The van der Waals surface area contributed by atoms with E-state index < -0.39 is 0 Å². The van der Waals surface area contributed by atoms with Gasteiger partial charge in [-0.25, -0.2) is 0 Å². The van der Waals surface area contributed by atoms with E-state index in [4.69, 9.17) is 5.11 Å². The SMILES string of the molecule is C[C@]12CCC(=O)C=C1CCC[C@@H]2CCCO. The summed E-state index contributed by atoms with van der Waals surface area (Å²) in [6, 6.07) is 0. The van der Waals surface area contributed by atoms with Gasteiger partial charge in [-0.05, 0) is 55.9 Å². The van der Waals surface area contributed by atoms with Crippen molar-refractivity contribution in [3.8, 4) is 0 Å². The van der Waals surface area contributed by atoms with E-state index in [-0.39, 0.29) is 5.41 Å². The van der Waals surface area contributed by atoms with Crippen LogP contribution < -0.4 is 0 Å². The molecular formula is C14H22O2. The molecule has 2 aliphatic rings. The lowest BCUT2D eigenvalue weighted by atomic mass is 9.59. The highest BCUT2D eigenvalue weighted by Gasteiger charge is 2.41. The molecule has 2 heteroatoms. The van der Waals surface area contributed by atoms with Gasteiger partial charge in [-0.2, -0.15) is 0 Å². The fourth-order valence-corrected chi connectivity index (χ4v) is 3.46. The van der Waals surface area contributed by atoms with Gasteiger partial charge in [-0.15, -0.1) is 0 Å². The van der Waals surface area contributed by atoms with E-state index in [1.165, 1.54) is 18.4 Å². The van der Waals surface area contributed by atoms with Gasteiger partial charge >= 0.3 is 0 Å². The molecule has 2 aliphatic carbocycles. The number of aliphatic hydroxyl groups excluding tert-OH is 1. The van der Waals surface area contributed by atoms with Gasteiger partial charge in [0.15, 0.2) is 5.78 Å². The predicted octanol–water partition coefficient (Wildman–Crippen LogP) is 2.85. The van der Waals surface area contributed by atoms with Crippen LogP contribution in [0.5, 0.6) is 0 Å². The highest BCUT2D eigenvalue weighted by molar-refractivity contribution is 5.91. The number of hydrogen-bond acceptors (Lipinski definition) is 2. The molecule has 90 valence electrons. The summed E-state index contributed by atoms with van der Waals surface area (Å²) in [4.78, 5) is 11.5. The van der Waals surface area contributed by atoms with Gasteiger partial charge in [0, 0.05) is 13.0 Å². The first-order valence-corrected chi connectivity index (χ1v) is 6.51. The molecule has 0 radical (unpaired) electrons. The molecule has 0 aromatic carbocycles. The topological polar surface area (TPSA) is 37.3 Å². The summed E-state index contributed by atoms with van der Waals surface area (Å²) in [5.41, 5.74) is 1.64. The summed E-state index contributed by atoms with van der Waals surface area (Å²) in [6.07, 6.45) is 9.25. The molecule has 2 rings (SSSR count). The van der Waals surface area contributed by atoms with Crippen LogP contribution in [0.25, 0.3) is 0 Å². The van der Waals surface area contributed by atoms with Gasteiger partial charge in [0.25, 0.3) is 0 Å². The Labute approximate surface area is 97.7 Å². The smallest absolute Gasteiger partial charge is 0.155 e. The normalized spacial score (nSPS) is 34.5. The van der Waals surface area contributed by atoms with Crippen LogP contribution in [0, 0.1) is 11.3 Å². The fourth-order valence-electron chi connectivity index (χ4n) is 3.46. The van der Waals surface area contributed by atoms with Gasteiger partial charge < -0.3 is 5.11 Å². The largest absolute Gasteiger partial charge is 0.396 e. The van der Waals surface area contributed by atoms with E-state index >= 15 is 0 Å². The lowest BCUT2D eigenvalue weighted by Crippen LogP contribution is -2.36. The van der Waals surface area contributed by atoms with Crippen LogP contribution in [0.1, 0.15) is 51.9 Å². The average molecular weight is 222 g/mol. The first-order chi connectivity index (χ1) is 7.66. The zero-order valence-electron chi connectivity index (χ0n) is 10.2. The second-order valence-electron chi connectivity index (χ2n) is 5.51. The van der Waals surface area contributed by atoms with Crippen LogP contribution >= 0.6 is 0 Å². The van der Waals surface area contributed by atoms with Crippen molar-refractivity contribution in [1.29, 1.82) is 0 Å².